The van der Waals surface area contributed by atoms with E-state index in [9.17, 15) is 10.1 Å². The van der Waals surface area contributed by atoms with Gasteiger partial charge in [0.2, 0.25) is 0 Å². The molecule has 0 radical (unpaired) electrons. The Bertz CT molecular complexity index is 1190. The summed E-state index contributed by atoms with van der Waals surface area (Å²) in [5.41, 5.74) is 5.70. The molecule has 0 amide bonds. The predicted molar refractivity (Wildman–Crippen MR) is 133 cm³/mol. The lowest BCUT2D eigenvalue weighted by molar-refractivity contribution is 0.0524. The number of ether oxygens (including phenoxy) is 1. The summed E-state index contributed by atoms with van der Waals surface area (Å²) in [5.74, 6) is -0.356. The van der Waals surface area contributed by atoms with E-state index < -0.39 is 0 Å². The van der Waals surface area contributed by atoms with Gasteiger partial charge in [0.25, 0.3) is 0 Å². The lowest BCUT2D eigenvalue weighted by Gasteiger charge is -2.27. The molecule has 1 N–H and O–H groups in total. The minimum Gasteiger partial charge on any atom is -0.462 e. The molecule has 0 aliphatic carbocycles. The van der Waals surface area contributed by atoms with Gasteiger partial charge in [-0.25, -0.2) is 4.79 Å². The maximum absolute atomic E-state index is 12.9. The first-order valence-electron chi connectivity index (χ1n) is 11.2. The SMILES string of the molecule is CCOC(=O)c1ccn(C(C)C)c1C(Nc1cccc(Cl)c1CC)c1ccc(C#N)c(C)c1. The largest absolute Gasteiger partial charge is 0.462 e. The first-order valence-corrected chi connectivity index (χ1v) is 11.6. The Labute approximate surface area is 200 Å². The maximum atomic E-state index is 12.9. The van der Waals surface area contributed by atoms with Crippen molar-refractivity contribution in [1.29, 1.82) is 5.26 Å². The summed E-state index contributed by atoms with van der Waals surface area (Å²) in [6.07, 6.45) is 2.69. The van der Waals surface area contributed by atoms with Crippen LogP contribution in [0.5, 0.6) is 0 Å². The van der Waals surface area contributed by atoms with Gasteiger partial charge in [0, 0.05) is 22.9 Å². The third kappa shape index (κ3) is 5.07. The quantitative estimate of drug-likeness (QED) is 0.371. The highest BCUT2D eigenvalue weighted by molar-refractivity contribution is 6.31. The number of aromatic nitrogens is 1. The molecule has 0 saturated heterocycles. The summed E-state index contributed by atoms with van der Waals surface area (Å²) in [6.45, 7) is 10.2. The average Bonchev–Trinajstić information content (AvgIpc) is 3.23. The Morgan fingerprint density at radius 3 is 2.58 bits per heavy atom. The minimum atomic E-state index is -0.364. The van der Waals surface area contributed by atoms with E-state index in [0.29, 0.717) is 22.8 Å². The smallest absolute Gasteiger partial charge is 0.340 e. The zero-order valence-corrected chi connectivity index (χ0v) is 20.5. The van der Waals surface area contributed by atoms with Crippen LogP contribution in [0.4, 0.5) is 5.69 Å². The van der Waals surface area contributed by atoms with E-state index in [1.807, 2.05) is 55.6 Å². The number of hydrogen-bond donors (Lipinski definition) is 1. The molecule has 5 nitrogen and oxygen atoms in total. The van der Waals surface area contributed by atoms with Gasteiger partial charge >= 0.3 is 5.97 Å². The molecule has 0 saturated carbocycles. The van der Waals surface area contributed by atoms with Crippen LogP contribution in [-0.2, 0) is 11.2 Å². The van der Waals surface area contributed by atoms with Gasteiger partial charge in [-0.2, -0.15) is 5.26 Å². The van der Waals surface area contributed by atoms with Crippen LogP contribution >= 0.6 is 11.6 Å². The van der Waals surface area contributed by atoms with Crippen molar-refractivity contribution in [2.45, 2.75) is 53.1 Å². The number of nitrogens with zero attached hydrogens (tertiary/aromatic N) is 2. The molecule has 33 heavy (non-hydrogen) atoms. The standard InChI is InChI=1S/C27H30ClN3O2/c1-6-21-23(28)9-8-10-24(21)30-25(19-11-12-20(16-29)18(5)15-19)26-22(27(32)33-7-2)13-14-31(26)17(3)4/h8-15,17,25,30H,6-7H2,1-5H3. The number of anilines is 1. The Balaban J connectivity index is 2.26. The molecule has 0 spiro atoms. The Hall–Kier alpha value is -3.23. The Morgan fingerprint density at radius 1 is 1.21 bits per heavy atom. The summed E-state index contributed by atoms with van der Waals surface area (Å²) >= 11 is 6.50. The van der Waals surface area contributed by atoms with Crippen molar-refractivity contribution in [1.82, 2.24) is 4.57 Å². The van der Waals surface area contributed by atoms with Crippen LogP contribution in [0.25, 0.3) is 0 Å². The van der Waals surface area contributed by atoms with Crippen molar-refractivity contribution >= 4 is 23.3 Å². The van der Waals surface area contributed by atoms with Crippen molar-refractivity contribution in [3.8, 4) is 6.07 Å². The Morgan fingerprint density at radius 2 is 1.97 bits per heavy atom. The maximum Gasteiger partial charge on any atom is 0.340 e. The highest BCUT2D eigenvalue weighted by Gasteiger charge is 2.28. The molecule has 1 unspecified atom stereocenters. The third-order valence-corrected chi connectivity index (χ3v) is 6.11. The number of hydrogen-bond acceptors (Lipinski definition) is 4. The summed E-state index contributed by atoms with van der Waals surface area (Å²) in [4.78, 5) is 12.9. The number of benzene rings is 2. The molecule has 2 aromatic carbocycles. The number of rotatable bonds is 8. The fraction of sp³-hybridized carbons (Fsp3) is 0.333. The van der Waals surface area contributed by atoms with Crippen LogP contribution in [0.2, 0.25) is 5.02 Å². The van der Waals surface area contributed by atoms with E-state index in [0.717, 1.165) is 34.5 Å². The molecule has 1 atom stereocenters. The molecule has 6 heteroatoms. The molecule has 3 aromatic rings. The monoisotopic (exact) mass is 463 g/mol. The normalized spacial score (nSPS) is 11.8. The van der Waals surface area contributed by atoms with E-state index in [1.54, 1.807) is 6.92 Å². The van der Waals surface area contributed by atoms with Gasteiger partial charge < -0.3 is 14.6 Å². The van der Waals surface area contributed by atoms with E-state index in [4.69, 9.17) is 16.3 Å². The number of nitriles is 1. The van der Waals surface area contributed by atoms with Crippen LogP contribution in [0.15, 0.2) is 48.7 Å². The summed E-state index contributed by atoms with van der Waals surface area (Å²) in [6, 6.07) is 15.4. The first-order chi connectivity index (χ1) is 15.8. The van der Waals surface area contributed by atoms with E-state index in [1.165, 1.54) is 0 Å². The first kappa shape index (κ1) is 24.4. The predicted octanol–water partition coefficient (Wildman–Crippen LogP) is 6.84. The molecule has 1 heterocycles. The van der Waals surface area contributed by atoms with Crippen LogP contribution in [-0.4, -0.2) is 17.1 Å². The molecular weight excluding hydrogens is 434 g/mol. The molecule has 172 valence electrons. The zero-order chi connectivity index (χ0) is 24.1. The highest BCUT2D eigenvalue weighted by atomic mass is 35.5. The molecule has 1 aromatic heterocycles. The molecule has 0 fully saturated rings. The van der Waals surface area contributed by atoms with Gasteiger partial charge in [-0.15, -0.1) is 0 Å². The Kier molecular flexibility index (Phi) is 7.84. The van der Waals surface area contributed by atoms with E-state index >= 15 is 0 Å². The fourth-order valence-corrected chi connectivity index (χ4v) is 4.41. The van der Waals surface area contributed by atoms with Gasteiger partial charge in [0.15, 0.2) is 0 Å². The minimum absolute atomic E-state index is 0.122. The van der Waals surface area contributed by atoms with Gasteiger partial charge in [0.05, 0.1) is 35.5 Å². The van der Waals surface area contributed by atoms with Gasteiger partial charge in [0.1, 0.15) is 0 Å². The second-order valence-electron chi connectivity index (χ2n) is 8.22. The second kappa shape index (κ2) is 10.6. The van der Waals surface area contributed by atoms with E-state index in [2.05, 4.69) is 36.7 Å². The fourth-order valence-electron chi connectivity index (χ4n) is 4.11. The number of aryl methyl sites for hydroxylation is 1. The second-order valence-corrected chi connectivity index (χ2v) is 8.63. The summed E-state index contributed by atoms with van der Waals surface area (Å²) in [7, 11) is 0. The summed E-state index contributed by atoms with van der Waals surface area (Å²) < 4.78 is 7.47. The van der Waals surface area contributed by atoms with Crippen molar-refractivity contribution in [2.24, 2.45) is 0 Å². The number of esters is 1. The van der Waals surface area contributed by atoms with Gasteiger partial charge in [-0.1, -0.05) is 36.7 Å². The van der Waals surface area contributed by atoms with Crippen molar-refractivity contribution in [3.63, 3.8) is 0 Å². The van der Waals surface area contributed by atoms with Crippen molar-refractivity contribution < 1.29 is 9.53 Å². The zero-order valence-electron chi connectivity index (χ0n) is 19.8. The molecular formula is C27H30ClN3O2. The van der Waals surface area contributed by atoms with Gasteiger partial charge in [-0.05, 0) is 75.1 Å². The van der Waals surface area contributed by atoms with Crippen LogP contribution < -0.4 is 5.32 Å². The van der Waals surface area contributed by atoms with Crippen LogP contribution in [0.3, 0.4) is 0 Å². The number of carbonyl (C=O) groups excluding carboxylic acids is 1. The number of nitrogens with one attached hydrogen (secondary N) is 1. The number of carbonyl (C=O) groups is 1. The topological polar surface area (TPSA) is 67.0 Å². The summed E-state index contributed by atoms with van der Waals surface area (Å²) in [5, 5.41) is 13.8. The van der Waals surface area contributed by atoms with Crippen LogP contribution in [0.1, 0.15) is 78.1 Å². The molecule has 0 aliphatic rings. The van der Waals surface area contributed by atoms with Crippen LogP contribution in [0, 0.1) is 18.3 Å². The number of halogens is 1. The lowest BCUT2D eigenvalue weighted by Crippen LogP contribution is -2.22. The molecule has 0 aliphatic heterocycles. The molecule has 0 bridgehead atoms. The van der Waals surface area contributed by atoms with Crippen molar-refractivity contribution in [2.75, 3.05) is 11.9 Å². The lowest BCUT2D eigenvalue weighted by atomic mass is 9.95. The van der Waals surface area contributed by atoms with E-state index in [-0.39, 0.29) is 18.1 Å². The molecule has 3 rings (SSSR count). The third-order valence-electron chi connectivity index (χ3n) is 5.76. The van der Waals surface area contributed by atoms with Gasteiger partial charge in [-0.3, -0.25) is 0 Å². The average molecular weight is 464 g/mol. The van der Waals surface area contributed by atoms with Crippen molar-refractivity contribution in [3.05, 3.63) is 87.2 Å². The highest BCUT2D eigenvalue weighted by Crippen LogP contribution is 2.35.